The van der Waals surface area contributed by atoms with Gasteiger partial charge in [0.1, 0.15) is 0 Å². The zero-order valence-corrected chi connectivity index (χ0v) is 15.0. The molecule has 1 atom stereocenters. The lowest BCUT2D eigenvalue weighted by Gasteiger charge is -2.32. The molecule has 3 aromatic rings. The quantitative estimate of drug-likeness (QED) is 0.786. The summed E-state index contributed by atoms with van der Waals surface area (Å²) in [7, 11) is 1.95. The lowest BCUT2D eigenvalue weighted by Crippen LogP contribution is -2.47. The van der Waals surface area contributed by atoms with Gasteiger partial charge in [-0.15, -0.1) is 0 Å². The van der Waals surface area contributed by atoms with Crippen molar-refractivity contribution in [3.63, 3.8) is 0 Å². The maximum Gasteiger partial charge on any atom is 0.259 e. The Labute approximate surface area is 152 Å². The van der Waals surface area contributed by atoms with E-state index in [2.05, 4.69) is 15.5 Å². The van der Waals surface area contributed by atoms with Crippen LogP contribution >= 0.6 is 0 Å². The molecule has 1 N–H and O–H groups in total. The van der Waals surface area contributed by atoms with Crippen molar-refractivity contribution in [3.05, 3.63) is 47.7 Å². The number of aryl methyl sites for hydroxylation is 1. The summed E-state index contributed by atoms with van der Waals surface area (Å²) in [5.74, 6) is 0.0147. The smallest absolute Gasteiger partial charge is 0.259 e. The first-order valence-electron chi connectivity index (χ1n) is 8.96. The summed E-state index contributed by atoms with van der Waals surface area (Å²) in [5, 5.41) is 8.02. The summed E-state index contributed by atoms with van der Waals surface area (Å²) in [6.07, 6.45) is 2.09. The summed E-state index contributed by atoms with van der Waals surface area (Å²) in [4.78, 5) is 19.8. The third-order valence-electron chi connectivity index (χ3n) is 5.03. The van der Waals surface area contributed by atoms with E-state index < -0.39 is 0 Å². The van der Waals surface area contributed by atoms with Crippen molar-refractivity contribution in [2.24, 2.45) is 0 Å². The van der Waals surface area contributed by atoms with Crippen LogP contribution in [0.4, 0.5) is 0 Å². The number of carbonyl (C=O) groups is 1. The molecule has 6 nitrogen and oxygen atoms in total. The molecule has 26 heavy (non-hydrogen) atoms. The van der Waals surface area contributed by atoms with Gasteiger partial charge in [-0.1, -0.05) is 35.5 Å². The molecule has 3 heterocycles. The van der Waals surface area contributed by atoms with Crippen molar-refractivity contribution in [2.75, 3.05) is 20.1 Å². The van der Waals surface area contributed by atoms with E-state index in [9.17, 15) is 4.79 Å². The predicted molar refractivity (Wildman–Crippen MR) is 100.0 cm³/mol. The lowest BCUT2D eigenvalue weighted by atomic mass is 10.0. The maximum atomic E-state index is 13.3. The second-order valence-corrected chi connectivity index (χ2v) is 6.75. The molecular weight excluding hydrogens is 328 g/mol. The molecule has 1 amide bonds. The zero-order valence-electron chi connectivity index (χ0n) is 15.0. The first-order valence-corrected chi connectivity index (χ1v) is 8.96. The number of nitrogens with one attached hydrogen (secondary N) is 1. The van der Waals surface area contributed by atoms with E-state index >= 15 is 0 Å². The van der Waals surface area contributed by atoms with Gasteiger partial charge in [-0.3, -0.25) is 4.79 Å². The van der Waals surface area contributed by atoms with Crippen LogP contribution in [0.3, 0.4) is 0 Å². The highest BCUT2D eigenvalue weighted by Crippen LogP contribution is 2.28. The van der Waals surface area contributed by atoms with Crippen LogP contribution < -0.4 is 5.32 Å². The van der Waals surface area contributed by atoms with Crippen LogP contribution in [0.25, 0.3) is 22.4 Å². The largest absolute Gasteiger partial charge is 0.337 e. The van der Waals surface area contributed by atoms with Gasteiger partial charge in [0, 0.05) is 24.7 Å². The van der Waals surface area contributed by atoms with E-state index in [1.54, 1.807) is 0 Å². The summed E-state index contributed by atoms with van der Waals surface area (Å²) >= 11 is 0. The molecule has 4 rings (SSSR count). The van der Waals surface area contributed by atoms with E-state index in [1.807, 2.05) is 55.3 Å². The normalized spacial score (nSPS) is 17.6. The number of nitrogens with zero attached hydrogens (tertiary/aromatic N) is 3. The molecule has 1 saturated heterocycles. The number of likely N-dealkylation sites (N-methyl/N-ethyl adjacent to an activating group) is 1. The van der Waals surface area contributed by atoms with E-state index in [0.29, 0.717) is 34.9 Å². The third-order valence-corrected chi connectivity index (χ3v) is 5.03. The minimum atomic E-state index is 0.0147. The molecule has 1 unspecified atom stereocenters. The molecule has 0 aliphatic carbocycles. The van der Waals surface area contributed by atoms with Crippen molar-refractivity contribution < 1.29 is 9.32 Å². The summed E-state index contributed by atoms with van der Waals surface area (Å²) in [6, 6.07) is 12.0. The molecule has 0 radical (unpaired) electrons. The lowest BCUT2D eigenvalue weighted by molar-refractivity contribution is 0.0700. The van der Waals surface area contributed by atoms with Gasteiger partial charge in [-0.05, 0) is 32.9 Å². The van der Waals surface area contributed by atoms with Crippen molar-refractivity contribution in [3.8, 4) is 11.3 Å². The fraction of sp³-hybridized carbons (Fsp3) is 0.350. The number of hydrogen-bond acceptors (Lipinski definition) is 5. The highest BCUT2D eigenvalue weighted by atomic mass is 16.5. The maximum absolute atomic E-state index is 13.3. The van der Waals surface area contributed by atoms with E-state index in [1.165, 1.54) is 0 Å². The van der Waals surface area contributed by atoms with E-state index in [-0.39, 0.29) is 5.91 Å². The number of hydrogen-bond donors (Lipinski definition) is 1. The summed E-state index contributed by atoms with van der Waals surface area (Å²) in [6.45, 7) is 3.33. The van der Waals surface area contributed by atoms with Crippen molar-refractivity contribution >= 4 is 17.0 Å². The Morgan fingerprint density at radius 3 is 2.88 bits per heavy atom. The minimum Gasteiger partial charge on any atom is -0.337 e. The van der Waals surface area contributed by atoms with Gasteiger partial charge in [0.25, 0.3) is 11.6 Å². The Kier molecular flexibility index (Phi) is 4.42. The number of benzene rings is 1. The molecule has 2 aromatic heterocycles. The van der Waals surface area contributed by atoms with Crippen LogP contribution in [-0.2, 0) is 0 Å². The van der Waals surface area contributed by atoms with Gasteiger partial charge in [-0.2, -0.15) is 0 Å². The van der Waals surface area contributed by atoms with Gasteiger partial charge < -0.3 is 14.7 Å². The van der Waals surface area contributed by atoms with Gasteiger partial charge in [0.05, 0.1) is 22.3 Å². The van der Waals surface area contributed by atoms with Gasteiger partial charge in [0.15, 0.2) is 0 Å². The Morgan fingerprint density at radius 1 is 1.31 bits per heavy atom. The molecular formula is C20H22N4O2. The van der Waals surface area contributed by atoms with Gasteiger partial charge in [0.2, 0.25) is 0 Å². The molecule has 6 heteroatoms. The number of likely N-dealkylation sites (tertiary alicyclic amines) is 1. The standard InChI is InChI=1S/C20H22N4O2/c1-13-18-16(20(25)24-10-6-9-15(12-24)21-2)11-17(22-19(18)26-23-13)14-7-4-3-5-8-14/h3-5,7-8,11,15,21H,6,9-10,12H2,1-2H3. The molecule has 134 valence electrons. The van der Waals surface area contributed by atoms with Crippen LogP contribution in [0, 0.1) is 6.92 Å². The molecule has 1 fully saturated rings. The molecule has 1 aromatic carbocycles. The van der Waals surface area contributed by atoms with Crippen LogP contribution in [0.15, 0.2) is 40.9 Å². The Morgan fingerprint density at radius 2 is 2.12 bits per heavy atom. The number of fused-ring (bicyclic) bond motifs is 1. The Bertz CT molecular complexity index is 936. The van der Waals surface area contributed by atoms with Crippen LogP contribution in [-0.4, -0.2) is 47.1 Å². The Hall–Kier alpha value is -2.73. The molecule has 1 aliphatic heterocycles. The first kappa shape index (κ1) is 16.7. The minimum absolute atomic E-state index is 0.0147. The zero-order chi connectivity index (χ0) is 18.1. The van der Waals surface area contributed by atoms with Crippen molar-refractivity contribution in [1.29, 1.82) is 0 Å². The average Bonchev–Trinajstić information content (AvgIpc) is 3.08. The number of carbonyl (C=O) groups excluding carboxylic acids is 1. The summed E-state index contributed by atoms with van der Waals surface area (Å²) in [5.41, 5.74) is 3.39. The fourth-order valence-electron chi connectivity index (χ4n) is 3.59. The Balaban J connectivity index is 1.80. The molecule has 1 aliphatic rings. The monoisotopic (exact) mass is 350 g/mol. The number of amides is 1. The predicted octanol–water partition coefficient (Wildman–Crippen LogP) is 3.02. The number of aromatic nitrogens is 2. The SMILES string of the molecule is CNC1CCCN(C(=O)c2cc(-c3ccccc3)nc3onc(C)c23)C1. The van der Waals surface area contributed by atoms with Gasteiger partial charge in [-0.25, -0.2) is 4.98 Å². The van der Waals surface area contributed by atoms with Crippen molar-refractivity contribution in [1.82, 2.24) is 20.4 Å². The molecule has 0 bridgehead atoms. The second-order valence-electron chi connectivity index (χ2n) is 6.75. The number of piperidine rings is 1. The molecule has 0 spiro atoms. The molecule has 0 saturated carbocycles. The second kappa shape index (κ2) is 6.88. The van der Waals surface area contributed by atoms with E-state index in [4.69, 9.17) is 4.52 Å². The third kappa shape index (κ3) is 2.97. The highest BCUT2D eigenvalue weighted by Gasteiger charge is 2.27. The number of pyridine rings is 1. The van der Waals surface area contributed by atoms with Crippen LogP contribution in [0.1, 0.15) is 28.9 Å². The number of rotatable bonds is 3. The topological polar surface area (TPSA) is 71.3 Å². The van der Waals surface area contributed by atoms with Crippen molar-refractivity contribution in [2.45, 2.75) is 25.8 Å². The fourth-order valence-corrected chi connectivity index (χ4v) is 3.59. The van der Waals surface area contributed by atoms with Crippen LogP contribution in [0.2, 0.25) is 0 Å². The van der Waals surface area contributed by atoms with E-state index in [0.717, 1.165) is 30.6 Å². The summed E-state index contributed by atoms with van der Waals surface area (Å²) < 4.78 is 5.39. The van der Waals surface area contributed by atoms with Gasteiger partial charge >= 0.3 is 0 Å². The highest BCUT2D eigenvalue weighted by molar-refractivity contribution is 6.07. The van der Waals surface area contributed by atoms with Crippen LogP contribution in [0.5, 0.6) is 0 Å². The average molecular weight is 350 g/mol. The first-order chi connectivity index (χ1) is 12.7.